The quantitative estimate of drug-likeness (QED) is 0.842. The highest BCUT2D eigenvalue weighted by atomic mass is 35.5. The topological polar surface area (TPSA) is 41.6 Å². The number of carbonyl (C=O) groups is 1. The highest BCUT2D eigenvalue weighted by Crippen LogP contribution is 2.31. The second-order valence-corrected chi connectivity index (χ2v) is 6.47. The van der Waals surface area contributed by atoms with Gasteiger partial charge in [-0.3, -0.25) is 0 Å². The number of anilines is 1. The van der Waals surface area contributed by atoms with Gasteiger partial charge in [-0.05, 0) is 43.5 Å². The molecule has 0 saturated heterocycles. The molecule has 2 aromatic carbocycles. The van der Waals surface area contributed by atoms with Gasteiger partial charge in [-0.2, -0.15) is 0 Å². The number of methoxy groups -OCH3 is 1. The lowest BCUT2D eigenvalue weighted by atomic mass is 10.2. The third-order valence-electron chi connectivity index (χ3n) is 4.20. The third kappa shape index (κ3) is 3.82. The first-order valence-corrected chi connectivity index (χ1v) is 8.42. The molecule has 0 radical (unpaired) electrons. The number of carbonyl (C=O) groups excluding carboxylic acids is 1. The minimum Gasteiger partial charge on any atom is -0.496 e. The van der Waals surface area contributed by atoms with Crippen LogP contribution in [0.1, 0.15) is 24.0 Å². The fourth-order valence-corrected chi connectivity index (χ4v) is 2.82. The van der Waals surface area contributed by atoms with Gasteiger partial charge in [0.05, 0.1) is 13.7 Å². The molecule has 0 atom stereocenters. The van der Waals surface area contributed by atoms with Crippen molar-refractivity contribution in [1.29, 1.82) is 0 Å². The van der Waals surface area contributed by atoms with E-state index in [0.717, 1.165) is 29.7 Å². The molecule has 0 aliphatic heterocycles. The maximum Gasteiger partial charge on any atom is 0.322 e. The van der Waals surface area contributed by atoms with E-state index in [-0.39, 0.29) is 12.1 Å². The minimum atomic E-state index is -0.108. The molecule has 1 aliphatic carbocycles. The summed E-state index contributed by atoms with van der Waals surface area (Å²) < 4.78 is 5.40. The lowest BCUT2D eigenvalue weighted by Gasteiger charge is -2.24. The van der Waals surface area contributed by atoms with Gasteiger partial charge in [0.15, 0.2) is 0 Å². The van der Waals surface area contributed by atoms with Gasteiger partial charge in [-0.15, -0.1) is 0 Å². The van der Waals surface area contributed by atoms with Crippen LogP contribution < -0.4 is 10.1 Å². The van der Waals surface area contributed by atoms with Crippen molar-refractivity contribution in [2.24, 2.45) is 0 Å². The molecule has 3 rings (SSSR count). The second kappa shape index (κ2) is 7.14. The maximum absolute atomic E-state index is 12.7. The van der Waals surface area contributed by atoms with E-state index >= 15 is 0 Å². The summed E-state index contributed by atoms with van der Waals surface area (Å²) in [6.45, 7) is 2.46. The molecule has 24 heavy (non-hydrogen) atoms. The molecule has 4 nitrogen and oxygen atoms in total. The SMILES string of the molecule is COc1ccccc1CN(C(=O)Nc1ccc(C)c(Cl)c1)C1CC1. The van der Waals surface area contributed by atoms with Crippen molar-refractivity contribution in [3.63, 3.8) is 0 Å². The van der Waals surface area contributed by atoms with E-state index in [0.29, 0.717) is 17.3 Å². The van der Waals surface area contributed by atoms with Crippen LogP contribution in [0, 0.1) is 6.92 Å². The lowest BCUT2D eigenvalue weighted by molar-refractivity contribution is 0.205. The Morgan fingerprint density at radius 3 is 2.71 bits per heavy atom. The summed E-state index contributed by atoms with van der Waals surface area (Å²) in [7, 11) is 1.65. The molecule has 1 N–H and O–H groups in total. The molecular weight excluding hydrogens is 324 g/mol. The highest BCUT2D eigenvalue weighted by molar-refractivity contribution is 6.31. The van der Waals surface area contributed by atoms with Crippen LogP contribution in [0.4, 0.5) is 10.5 Å². The summed E-state index contributed by atoms with van der Waals surface area (Å²) in [6.07, 6.45) is 2.08. The highest BCUT2D eigenvalue weighted by Gasteiger charge is 2.33. The Balaban J connectivity index is 1.75. The standard InChI is InChI=1S/C19H21ClN2O2/c1-13-7-8-15(11-17(13)20)21-19(23)22(16-9-10-16)12-14-5-3-4-6-18(14)24-2/h3-8,11,16H,9-10,12H2,1-2H3,(H,21,23). The second-order valence-electron chi connectivity index (χ2n) is 6.07. The predicted octanol–water partition coefficient (Wildman–Crippen LogP) is 4.85. The van der Waals surface area contributed by atoms with Crippen LogP contribution in [-0.4, -0.2) is 24.1 Å². The summed E-state index contributed by atoms with van der Waals surface area (Å²) >= 11 is 6.14. The summed E-state index contributed by atoms with van der Waals surface area (Å²) in [5, 5.41) is 3.60. The van der Waals surface area contributed by atoms with Crippen LogP contribution in [-0.2, 0) is 6.54 Å². The Labute approximate surface area is 147 Å². The molecule has 126 valence electrons. The first kappa shape index (κ1) is 16.7. The van der Waals surface area contributed by atoms with Crippen molar-refractivity contribution in [3.05, 3.63) is 58.6 Å². The Morgan fingerprint density at radius 1 is 1.29 bits per heavy atom. The van der Waals surface area contributed by atoms with Crippen molar-refractivity contribution in [3.8, 4) is 5.75 Å². The molecule has 2 aromatic rings. The number of nitrogens with zero attached hydrogens (tertiary/aromatic N) is 1. The molecule has 0 bridgehead atoms. The molecule has 5 heteroatoms. The van der Waals surface area contributed by atoms with Crippen LogP contribution in [0.2, 0.25) is 5.02 Å². The van der Waals surface area contributed by atoms with Gasteiger partial charge in [0, 0.05) is 22.3 Å². The number of urea groups is 1. The lowest BCUT2D eigenvalue weighted by Crippen LogP contribution is -2.36. The summed E-state index contributed by atoms with van der Waals surface area (Å²) in [5.74, 6) is 0.800. The Kier molecular flexibility index (Phi) is 4.95. The number of rotatable bonds is 5. The number of halogens is 1. The molecular formula is C19H21ClN2O2. The zero-order chi connectivity index (χ0) is 17.1. The fraction of sp³-hybridized carbons (Fsp3) is 0.316. The van der Waals surface area contributed by atoms with Gasteiger partial charge in [0.2, 0.25) is 0 Å². The van der Waals surface area contributed by atoms with E-state index in [2.05, 4.69) is 5.32 Å². The molecule has 0 aromatic heterocycles. The van der Waals surface area contributed by atoms with Crippen molar-refractivity contribution >= 4 is 23.3 Å². The molecule has 1 saturated carbocycles. The number of benzene rings is 2. The summed E-state index contributed by atoms with van der Waals surface area (Å²) in [4.78, 5) is 14.6. The predicted molar refractivity (Wildman–Crippen MR) is 96.8 cm³/mol. The third-order valence-corrected chi connectivity index (χ3v) is 4.61. The number of ether oxygens (including phenoxy) is 1. The molecule has 1 aliphatic rings. The average molecular weight is 345 g/mol. The minimum absolute atomic E-state index is 0.108. The normalized spacial score (nSPS) is 13.5. The van der Waals surface area contributed by atoms with Gasteiger partial charge in [-0.1, -0.05) is 35.9 Å². The van der Waals surface area contributed by atoms with Crippen LogP contribution in [0.25, 0.3) is 0 Å². The number of amides is 2. The van der Waals surface area contributed by atoms with E-state index in [9.17, 15) is 4.79 Å². The number of aryl methyl sites for hydroxylation is 1. The van der Waals surface area contributed by atoms with E-state index < -0.39 is 0 Å². The first-order chi connectivity index (χ1) is 11.6. The van der Waals surface area contributed by atoms with Gasteiger partial charge in [0.1, 0.15) is 5.75 Å². The summed E-state index contributed by atoms with van der Waals surface area (Å²) in [5.41, 5.74) is 2.70. The van der Waals surface area contributed by atoms with Gasteiger partial charge >= 0.3 is 6.03 Å². The Morgan fingerprint density at radius 2 is 2.04 bits per heavy atom. The van der Waals surface area contributed by atoms with Crippen LogP contribution in [0.3, 0.4) is 0 Å². The monoisotopic (exact) mass is 344 g/mol. The summed E-state index contributed by atoms with van der Waals surface area (Å²) in [6, 6.07) is 13.5. The van der Waals surface area contributed by atoms with E-state index in [1.165, 1.54) is 0 Å². The fourth-order valence-electron chi connectivity index (χ4n) is 2.64. The van der Waals surface area contributed by atoms with Crippen LogP contribution in [0.15, 0.2) is 42.5 Å². The van der Waals surface area contributed by atoms with Gasteiger partial charge < -0.3 is 15.0 Å². The van der Waals surface area contributed by atoms with Gasteiger partial charge in [0.25, 0.3) is 0 Å². The molecule has 2 amide bonds. The number of nitrogens with one attached hydrogen (secondary N) is 1. The maximum atomic E-state index is 12.7. The Bertz CT molecular complexity index is 744. The van der Waals surface area contributed by atoms with E-state index in [1.807, 2.05) is 48.2 Å². The average Bonchev–Trinajstić information content (AvgIpc) is 3.41. The molecule has 0 heterocycles. The van der Waals surface area contributed by atoms with Crippen molar-refractivity contribution in [2.75, 3.05) is 12.4 Å². The number of para-hydroxylation sites is 1. The zero-order valence-corrected chi connectivity index (χ0v) is 14.6. The van der Waals surface area contributed by atoms with E-state index in [4.69, 9.17) is 16.3 Å². The van der Waals surface area contributed by atoms with Gasteiger partial charge in [-0.25, -0.2) is 4.79 Å². The van der Waals surface area contributed by atoms with Crippen molar-refractivity contribution in [1.82, 2.24) is 4.90 Å². The van der Waals surface area contributed by atoms with Crippen molar-refractivity contribution < 1.29 is 9.53 Å². The Hall–Kier alpha value is -2.20. The zero-order valence-electron chi connectivity index (χ0n) is 13.9. The largest absolute Gasteiger partial charge is 0.496 e. The van der Waals surface area contributed by atoms with Crippen LogP contribution >= 0.6 is 11.6 Å². The number of hydrogen-bond acceptors (Lipinski definition) is 2. The van der Waals surface area contributed by atoms with E-state index in [1.54, 1.807) is 13.2 Å². The smallest absolute Gasteiger partial charge is 0.322 e. The number of hydrogen-bond donors (Lipinski definition) is 1. The van der Waals surface area contributed by atoms with Crippen LogP contribution in [0.5, 0.6) is 5.75 Å². The molecule has 1 fully saturated rings. The molecule has 0 unspecified atom stereocenters. The first-order valence-electron chi connectivity index (χ1n) is 8.04. The molecule has 0 spiro atoms. The van der Waals surface area contributed by atoms with Crippen molar-refractivity contribution in [2.45, 2.75) is 32.4 Å².